The number of aliphatic carboxylic acids is 1. The van der Waals surface area contributed by atoms with Crippen LogP contribution in [0.1, 0.15) is 24.0 Å². The molecule has 3 nitrogen and oxygen atoms in total. The minimum absolute atomic E-state index is 0.476. The SMILES string of the molecule is CC(O)(C(=O)O)C(Cc1ccccc1)c1ccccc1. The molecule has 3 heteroatoms. The highest BCUT2D eigenvalue weighted by atomic mass is 16.4. The molecule has 0 aliphatic heterocycles. The Bertz CT molecular complexity index is 561. The van der Waals surface area contributed by atoms with Crippen LogP contribution in [0.4, 0.5) is 0 Å². The molecule has 0 heterocycles. The zero-order valence-electron chi connectivity index (χ0n) is 11.4. The fourth-order valence-electron chi connectivity index (χ4n) is 2.33. The standard InChI is InChI=1S/C17H18O3/c1-17(20,16(18)19)15(14-10-6-3-7-11-14)12-13-8-4-2-5-9-13/h2-11,15,20H,12H2,1H3,(H,18,19). The summed E-state index contributed by atoms with van der Waals surface area (Å²) in [5, 5.41) is 19.7. The second kappa shape index (κ2) is 5.88. The zero-order valence-corrected chi connectivity index (χ0v) is 11.4. The molecule has 2 aromatic rings. The van der Waals surface area contributed by atoms with Crippen LogP contribution in [0.5, 0.6) is 0 Å². The van der Waals surface area contributed by atoms with Gasteiger partial charge in [0.25, 0.3) is 0 Å². The van der Waals surface area contributed by atoms with Gasteiger partial charge in [-0.25, -0.2) is 4.79 Å². The van der Waals surface area contributed by atoms with Crippen LogP contribution >= 0.6 is 0 Å². The van der Waals surface area contributed by atoms with Gasteiger partial charge in [0.2, 0.25) is 0 Å². The van der Waals surface area contributed by atoms with Crippen molar-refractivity contribution in [3.8, 4) is 0 Å². The molecule has 2 N–H and O–H groups in total. The van der Waals surface area contributed by atoms with Crippen molar-refractivity contribution < 1.29 is 15.0 Å². The normalized spacial score (nSPS) is 15.3. The Morgan fingerprint density at radius 1 is 1.05 bits per heavy atom. The maximum absolute atomic E-state index is 11.4. The van der Waals surface area contributed by atoms with Gasteiger partial charge in [-0.3, -0.25) is 0 Å². The topological polar surface area (TPSA) is 57.5 Å². The van der Waals surface area contributed by atoms with Crippen LogP contribution in [0.15, 0.2) is 60.7 Å². The Kier molecular flexibility index (Phi) is 4.20. The van der Waals surface area contributed by atoms with Gasteiger partial charge in [0.15, 0.2) is 5.60 Å². The molecule has 0 bridgehead atoms. The molecule has 2 rings (SSSR count). The van der Waals surface area contributed by atoms with E-state index in [0.717, 1.165) is 11.1 Å². The summed E-state index contributed by atoms with van der Waals surface area (Å²) in [4.78, 5) is 11.4. The highest BCUT2D eigenvalue weighted by Crippen LogP contribution is 2.32. The van der Waals surface area contributed by atoms with E-state index in [1.807, 2.05) is 60.7 Å². The molecule has 0 fully saturated rings. The molecule has 20 heavy (non-hydrogen) atoms. The summed E-state index contributed by atoms with van der Waals surface area (Å²) in [5.41, 5.74) is 0.0172. The van der Waals surface area contributed by atoms with Gasteiger partial charge in [0.05, 0.1) is 0 Å². The van der Waals surface area contributed by atoms with E-state index in [2.05, 4.69) is 0 Å². The lowest BCUT2D eigenvalue weighted by Crippen LogP contribution is -2.42. The smallest absolute Gasteiger partial charge is 0.336 e. The van der Waals surface area contributed by atoms with Gasteiger partial charge < -0.3 is 10.2 Å². The van der Waals surface area contributed by atoms with Crippen LogP contribution in [0, 0.1) is 0 Å². The fourth-order valence-corrected chi connectivity index (χ4v) is 2.33. The molecule has 0 saturated heterocycles. The average molecular weight is 270 g/mol. The van der Waals surface area contributed by atoms with Gasteiger partial charge in [-0.05, 0) is 24.5 Å². The Morgan fingerprint density at radius 2 is 1.55 bits per heavy atom. The lowest BCUT2D eigenvalue weighted by atomic mass is 9.79. The van der Waals surface area contributed by atoms with Crippen LogP contribution in [-0.2, 0) is 11.2 Å². The van der Waals surface area contributed by atoms with Crippen molar-refractivity contribution in [2.45, 2.75) is 24.9 Å². The van der Waals surface area contributed by atoms with Crippen LogP contribution in [-0.4, -0.2) is 21.8 Å². The molecule has 2 atom stereocenters. The molecule has 2 unspecified atom stereocenters. The largest absolute Gasteiger partial charge is 0.479 e. The van der Waals surface area contributed by atoms with Gasteiger partial charge >= 0.3 is 5.97 Å². The van der Waals surface area contributed by atoms with E-state index < -0.39 is 17.5 Å². The molecule has 0 aromatic heterocycles. The summed E-state index contributed by atoms with van der Waals surface area (Å²) >= 11 is 0. The van der Waals surface area contributed by atoms with Gasteiger partial charge in [-0.1, -0.05) is 60.7 Å². The Balaban J connectivity index is 2.37. The number of benzene rings is 2. The van der Waals surface area contributed by atoms with E-state index in [0.29, 0.717) is 6.42 Å². The first-order chi connectivity index (χ1) is 9.51. The van der Waals surface area contributed by atoms with Gasteiger partial charge in [-0.15, -0.1) is 0 Å². The number of hydrogen-bond donors (Lipinski definition) is 2. The molecule has 104 valence electrons. The second-order valence-electron chi connectivity index (χ2n) is 5.11. The quantitative estimate of drug-likeness (QED) is 0.878. The number of carboxylic acid groups (broad SMARTS) is 1. The van der Waals surface area contributed by atoms with Crippen molar-refractivity contribution >= 4 is 5.97 Å². The van der Waals surface area contributed by atoms with Crippen molar-refractivity contribution in [3.63, 3.8) is 0 Å². The minimum atomic E-state index is -1.81. The third-order valence-electron chi connectivity index (χ3n) is 3.60. The predicted octanol–water partition coefficient (Wildman–Crippen LogP) is 2.85. The molecule has 0 spiro atoms. The van der Waals surface area contributed by atoms with E-state index in [9.17, 15) is 15.0 Å². The molecule has 0 aliphatic carbocycles. The maximum atomic E-state index is 11.4. The zero-order chi connectivity index (χ0) is 14.6. The summed E-state index contributed by atoms with van der Waals surface area (Å²) < 4.78 is 0. The number of aliphatic hydroxyl groups is 1. The summed E-state index contributed by atoms with van der Waals surface area (Å²) in [6.45, 7) is 1.36. The first-order valence-corrected chi connectivity index (χ1v) is 6.56. The first-order valence-electron chi connectivity index (χ1n) is 6.56. The summed E-state index contributed by atoms with van der Waals surface area (Å²) in [7, 11) is 0. The van der Waals surface area contributed by atoms with E-state index in [4.69, 9.17) is 0 Å². The summed E-state index contributed by atoms with van der Waals surface area (Å²) in [6.07, 6.45) is 0.476. The monoisotopic (exact) mass is 270 g/mol. The third kappa shape index (κ3) is 3.06. The van der Waals surface area contributed by atoms with E-state index >= 15 is 0 Å². The molecule has 0 radical (unpaired) electrons. The lowest BCUT2D eigenvalue weighted by Gasteiger charge is -2.29. The van der Waals surface area contributed by atoms with Crippen LogP contribution in [0.2, 0.25) is 0 Å². The van der Waals surface area contributed by atoms with Gasteiger partial charge in [-0.2, -0.15) is 0 Å². The molecule has 0 aliphatic rings. The van der Waals surface area contributed by atoms with Crippen LogP contribution in [0.25, 0.3) is 0 Å². The molecule has 0 amide bonds. The van der Waals surface area contributed by atoms with Crippen molar-refractivity contribution in [3.05, 3.63) is 71.8 Å². The molecular weight excluding hydrogens is 252 g/mol. The van der Waals surface area contributed by atoms with E-state index in [-0.39, 0.29) is 0 Å². The number of hydrogen-bond acceptors (Lipinski definition) is 2. The number of carbonyl (C=O) groups is 1. The minimum Gasteiger partial charge on any atom is -0.479 e. The van der Waals surface area contributed by atoms with Gasteiger partial charge in [0.1, 0.15) is 0 Å². The fraction of sp³-hybridized carbons (Fsp3) is 0.235. The van der Waals surface area contributed by atoms with Crippen LogP contribution in [0.3, 0.4) is 0 Å². The van der Waals surface area contributed by atoms with Crippen molar-refractivity contribution in [1.82, 2.24) is 0 Å². The average Bonchev–Trinajstić information content (AvgIpc) is 2.46. The molecule has 2 aromatic carbocycles. The van der Waals surface area contributed by atoms with Gasteiger partial charge in [0, 0.05) is 5.92 Å². The summed E-state index contributed by atoms with van der Waals surface area (Å²) in [6, 6.07) is 18.9. The Labute approximate surface area is 118 Å². The second-order valence-corrected chi connectivity index (χ2v) is 5.11. The lowest BCUT2D eigenvalue weighted by molar-refractivity contribution is -0.159. The Morgan fingerprint density at radius 3 is 2.05 bits per heavy atom. The van der Waals surface area contributed by atoms with Crippen molar-refractivity contribution in [2.24, 2.45) is 0 Å². The molecule has 0 saturated carbocycles. The van der Waals surface area contributed by atoms with E-state index in [1.54, 1.807) is 0 Å². The van der Waals surface area contributed by atoms with E-state index in [1.165, 1.54) is 6.92 Å². The third-order valence-corrected chi connectivity index (χ3v) is 3.60. The van der Waals surface area contributed by atoms with Crippen LogP contribution < -0.4 is 0 Å². The first kappa shape index (κ1) is 14.3. The number of rotatable bonds is 5. The highest BCUT2D eigenvalue weighted by molar-refractivity contribution is 5.78. The molecular formula is C17H18O3. The number of carboxylic acids is 1. The highest BCUT2D eigenvalue weighted by Gasteiger charge is 2.40. The maximum Gasteiger partial charge on any atom is 0.336 e. The summed E-state index contributed by atoms with van der Waals surface area (Å²) in [5.74, 6) is -1.70. The van der Waals surface area contributed by atoms with Crippen molar-refractivity contribution in [1.29, 1.82) is 0 Å². The Hall–Kier alpha value is -2.13. The van der Waals surface area contributed by atoms with Crippen molar-refractivity contribution in [2.75, 3.05) is 0 Å². The predicted molar refractivity (Wildman–Crippen MR) is 77.6 cm³/mol.